The van der Waals surface area contributed by atoms with Gasteiger partial charge >= 0.3 is 0 Å². The van der Waals surface area contributed by atoms with Crippen LogP contribution in [-0.2, 0) is 4.79 Å². The predicted octanol–water partition coefficient (Wildman–Crippen LogP) is 3.45. The van der Waals surface area contributed by atoms with Gasteiger partial charge in [-0.25, -0.2) is 0 Å². The van der Waals surface area contributed by atoms with Crippen LogP contribution >= 0.6 is 11.8 Å². The Balaban J connectivity index is 1.50. The zero-order chi connectivity index (χ0) is 17.8. The van der Waals surface area contributed by atoms with Gasteiger partial charge in [0, 0.05) is 36.8 Å². The molecule has 1 aliphatic rings. The van der Waals surface area contributed by atoms with Gasteiger partial charge in [0.2, 0.25) is 5.91 Å². The van der Waals surface area contributed by atoms with Crippen LogP contribution < -0.4 is 4.90 Å². The summed E-state index contributed by atoms with van der Waals surface area (Å²) in [4.78, 5) is 17.9. The van der Waals surface area contributed by atoms with Crippen LogP contribution in [-0.4, -0.2) is 47.8 Å². The molecule has 2 aromatic rings. The quantitative estimate of drug-likeness (QED) is 0.852. The standard InChI is InChI=1S/C20H24N2O2S/c1-15-3-8-19(16(2)13-15)25-14-20(24)22-11-9-21(10-12-22)17-4-6-18(23)7-5-17/h3-8,13,23H,9-12,14H2,1-2H3. The van der Waals surface area contributed by atoms with Crippen LogP contribution in [0.4, 0.5) is 5.69 Å². The van der Waals surface area contributed by atoms with Crippen molar-refractivity contribution >= 4 is 23.4 Å². The number of hydrogen-bond acceptors (Lipinski definition) is 4. The summed E-state index contributed by atoms with van der Waals surface area (Å²) in [6.07, 6.45) is 0. The SMILES string of the molecule is Cc1ccc(SCC(=O)N2CCN(c3ccc(O)cc3)CC2)c(C)c1. The van der Waals surface area contributed by atoms with Crippen molar-refractivity contribution in [3.8, 4) is 5.75 Å². The Labute approximate surface area is 153 Å². The monoisotopic (exact) mass is 356 g/mol. The van der Waals surface area contributed by atoms with E-state index < -0.39 is 0 Å². The molecule has 3 rings (SSSR count). The van der Waals surface area contributed by atoms with Gasteiger partial charge in [-0.1, -0.05) is 17.7 Å². The van der Waals surface area contributed by atoms with Crippen LogP contribution in [0.1, 0.15) is 11.1 Å². The lowest BCUT2D eigenvalue weighted by Crippen LogP contribution is -2.49. The van der Waals surface area contributed by atoms with Gasteiger partial charge in [-0.2, -0.15) is 0 Å². The summed E-state index contributed by atoms with van der Waals surface area (Å²) in [7, 11) is 0. The average Bonchev–Trinajstić information content (AvgIpc) is 2.61. The fraction of sp³-hybridized carbons (Fsp3) is 0.350. The molecule has 1 fully saturated rings. The Hall–Kier alpha value is -2.14. The summed E-state index contributed by atoms with van der Waals surface area (Å²) < 4.78 is 0. The second-order valence-corrected chi connectivity index (χ2v) is 7.46. The van der Waals surface area contributed by atoms with Gasteiger partial charge < -0.3 is 14.9 Å². The summed E-state index contributed by atoms with van der Waals surface area (Å²) in [5.41, 5.74) is 3.57. The summed E-state index contributed by atoms with van der Waals surface area (Å²) in [5.74, 6) is 0.972. The number of anilines is 1. The minimum Gasteiger partial charge on any atom is -0.508 e. The second-order valence-electron chi connectivity index (χ2n) is 6.44. The Morgan fingerprint density at radius 1 is 1.04 bits per heavy atom. The number of phenols is 1. The van der Waals surface area contributed by atoms with Crippen LogP contribution in [0.3, 0.4) is 0 Å². The first-order valence-corrected chi connectivity index (χ1v) is 9.53. The Bertz CT molecular complexity index is 738. The number of thioether (sulfide) groups is 1. The molecule has 2 aromatic carbocycles. The van der Waals surface area contributed by atoms with Crippen molar-refractivity contribution in [2.24, 2.45) is 0 Å². The van der Waals surface area contributed by atoms with Gasteiger partial charge in [-0.05, 0) is 49.7 Å². The van der Waals surface area contributed by atoms with Crippen LogP contribution in [0.5, 0.6) is 5.75 Å². The molecule has 25 heavy (non-hydrogen) atoms. The highest BCUT2D eigenvalue weighted by molar-refractivity contribution is 8.00. The molecule has 0 spiro atoms. The lowest BCUT2D eigenvalue weighted by atomic mass is 10.2. The molecular formula is C20H24N2O2S. The maximum Gasteiger partial charge on any atom is 0.233 e. The lowest BCUT2D eigenvalue weighted by Gasteiger charge is -2.36. The van der Waals surface area contributed by atoms with Crippen molar-refractivity contribution in [2.45, 2.75) is 18.7 Å². The molecule has 0 radical (unpaired) electrons. The van der Waals surface area contributed by atoms with E-state index in [1.54, 1.807) is 23.9 Å². The second kappa shape index (κ2) is 7.83. The smallest absolute Gasteiger partial charge is 0.233 e. The topological polar surface area (TPSA) is 43.8 Å². The van der Waals surface area contributed by atoms with E-state index in [0.717, 1.165) is 31.9 Å². The van der Waals surface area contributed by atoms with Crippen molar-refractivity contribution in [3.05, 3.63) is 53.6 Å². The minimum atomic E-state index is 0.204. The molecule has 0 unspecified atom stereocenters. The van der Waals surface area contributed by atoms with E-state index in [1.807, 2.05) is 17.0 Å². The van der Waals surface area contributed by atoms with Crippen molar-refractivity contribution < 1.29 is 9.90 Å². The van der Waals surface area contributed by atoms with Crippen LogP contribution in [0, 0.1) is 13.8 Å². The van der Waals surface area contributed by atoms with Gasteiger partial charge in [0.1, 0.15) is 5.75 Å². The van der Waals surface area contributed by atoms with Crippen molar-refractivity contribution in [1.82, 2.24) is 4.90 Å². The third-order valence-corrected chi connectivity index (χ3v) is 5.69. The molecule has 4 nitrogen and oxygen atoms in total. The number of hydrogen-bond donors (Lipinski definition) is 1. The molecular weight excluding hydrogens is 332 g/mol. The molecule has 0 bridgehead atoms. The summed E-state index contributed by atoms with van der Waals surface area (Å²) >= 11 is 1.62. The van der Waals surface area contributed by atoms with Gasteiger partial charge in [0.25, 0.3) is 0 Å². The number of nitrogens with zero attached hydrogens (tertiary/aromatic N) is 2. The average molecular weight is 356 g/mol. The predicted molar refractivity (Wildman–Crippen MR) is 104 cm³/mol. The highest BCUT2D eigenvalue weighted by Crippen LogP contribution is 2.24. The Kier molecular flexibility index (Phi) is 5.53. The molecule has 1 aliphatic heterocycles. The van der Waals surface area contributed by atoms with Gasteiger partial charge in [-0.15, -0.1) is 11.8 Å². The highest BCUT2D eigenvalue weighted by Gasteiger charge is 2.21. The van der Waals surface area contributed by atoms with Gasteiger partial charge in [-0.3, -0.25) is 4.79 Å². The molecule has 1 heterocycles. The number of rotatable bonds is 4. The van der Waals surface area contributed by atoms with E-state index in [2.05, 4.69) is 36.9 Å². The summed E-state index contributed by atoms with van der Waals surface area (Å²) in [6.45, 7) is 7.31. The first kappa shape index (κ1) is 17.7. The molecule has 1 N–H and O–H groups in total. The molecule has 1 amide bonds. The molecule has 0 aromatic heterocycles. The number of phenolic OH excluding ortho intramolecular Hbond substituents is 1. The lowest BCUT2D eigenvalue weighted by molar-refractivity contribution is -0.128. The Morgan fingerprint density at radius 3 is 2.36 bits per heavy atom. The molecule has 0 atom stereocenters. The van der Waals surface area contributed by atoms with Crippen molar-refractivity contribution in [3.63, 3.8) is 0 Å². The van der Waals surface area contributed by atoms with Crippen LogP contribution in [0.25, 0.3) is 0 Å². The largest absolute Gasteiger partial charge is 0.508 e. The van der Waals surface area contributed by atoms with Crippen molar-refractivity contribution in [1.29, 1.82) is 0 Å². The number of carbonyl (C=O) groups excluding carboxylic acids is 1. The van der Waals surface area contributed by atoms with E-state index >= 15 is 0 Å². The van der Waals surface area contributed by atoms with Crippen LogP contribution in [0.2, 0.25) is 0 Å². The molecule has 0 saturated carbocycles. The fourth-order valence-corrected chi connectivity index (χ4v) is 3.98. The summed E-state index contributed by atoms with van der Waals surface area (Å²) in [5, 5.41) is 9.38. The van der Waals surface area contributed by atoms with E-state index in [-0.39, 0.29) is 11.7 Å². The highest BCUT2D eigenvalue weighted by atomic mass is 32.2. The zero-order valence-corrected chi connectivity index (χ0v) is 15.6. The first-order chi connectivity index (χ1) is 12.0. The molecule has 1 saturated heterocycles. The molecule has 5 heteroatoms. The summed E-state index contributed by atoms with van der Waals surface area (Å²) in [6, 6.07) is 13.6. The zero-order valence-electron chi connectivity index (χ0n) is 14.7. The third-order valence-electron chi connectivity index (χ3n) is 4.53. The number of aromatic hydroxyl groups is 1. The number of piperazine rings is 1. The number of amides is 1. The minimum absolute atomic E-state index is 0.204. The first-order valence-electron chi connectivity index (χ1n) is 8.55. The molecule has 0 aliphatic carbocycles. The Morgan fingerprint density at radius 2 is 1.72 bits per heavy atom. The van der Waals surface area contributed by atoms with E-state index in [4.69, 9.17) is 0 Å². The third kappa shape index (κ3) is 4.48. The maximum atomic E-state index is 12.5. The van der Waals surface area contributed by atoms with E-state index in [1.165, 1.54) is 16.0 Å². The van der Waals surface area contributed by atoms with Crippen molar-refractivity contribution in [2.75, 3.05) is 36.8 Å². The van der Waals surface area contributed by atoms with Gasteiger partial charge in [0.15, 0.2) is 0 Å². The number of carbonyl (C=O) groups is 1. The van der Waals surface area contributed by atoms with E-state index in [0.29, 0.717) is 5.75 Å². The fourth-order valence-electron chi connectivity index (χ4n) is 3.07. The van der Waals surface area contributed by atoms with Gasteiger partial charge in [0.05, 0.1) is 5.75 Å². The van der Waals surface area contributed by atoms with Crippen LogP contribution in [0.15, 0.2) is 47.4 Å². The molecule has 132 valence electrons. The normalized spacial score (nSPS) is 14.6. The maximum absolute atomic E-state index is 12.5. The number of benzene rings is 2. The number of aryl methyl sites for hydroxylation is 2. The van der Waals surface area contributed by atoms with E-state index in [9.17, 15) is 9.90 Å².